The van der Waals surface area contributed by atoms with Crippen molar-refractivity contribution in [2.75, 3.05) is 18.1 Å². The Morgan fingerprint density at radius 3 is 2.89 bits per heavy atom. The van der Waals surface area contributed by atoms with E-state index >= 15 is 0 Å². The second-order valence-electron chi connectivity index (χ2n) is 4.81. The third kappa shape index (κ3) is 2.55. The van der Waals surface area contributed by atoms with Crippen molar-refractivity contribution in [2.45, 2.75) is 31.7 Å². The maximum absolute atomic E-state index is 9.33. The number of hydrogen-bond acceptors (Lipinski definition) is 5. The lowest BCUT2D eigenvalue weighted by Crippen LogP contribution is -2.36. The first kappa shape index (κ1) is 13.1. The minimum atomic E-state index is 0.129. The minimum Gasteiger partial charge on any atom is -0.395 e. The SMILES string of the molecule is OCCN(c1nc(Cl)nc2sccc12)C1CCCC1. The molecule has 1 saturated carbocycles. The van der Waals surface area contributed by atoms with Gasteiger partial charge in [-0.05, 0) is 35.9 Å². The van der Waals surface area contributed by atoms with Crippen molar-refractivity contribution in [1.29, 1.82) is 0 Å². The normalized spacial score (nSPS) is 16.3. The Bertz CT molecular complexity index is 568. The monoisotopic (exact) mass is 297 g/mol. The van der Waals surface area contributed by atoms with Gasteiger partial charge in [-0.1, -0.05) is 12.8 Å². The van der Waals surface area contributed by atoms with Crippen molar-refractivity contribution < 1.29 is 5.11 Å². The summed E-state index contributed by atoms with van der Waals surface area (Å²) in [5, 5.41) is 12.7. The van der Waals surface area contributed by atoms with E-state index in [0.717, 1.165) is 28.9 Å². The Labute approximate surface area is 121 Å². The van der Waals surface area contributed by atoms with Crippen LogP contribution in [-0.4, -0.2) is 34.3 Å². The zero-order valence-electron chi connectivity index (χ0n) is 10.5. The summed E-state index contributed by atoms with van der Waals surface area (Å²) in [7, 11) is 0. The highest BCUT2D eigenvalue weighted by Gasteiger charge is 2.25. The summed E-state index contributed by atoms with van der Waals surface area (Å²) in [5.74, 6) is 0.872. The van der Waals surface area contributed by atoms with Crippen LogP contribution in [0.2, 0.25) is 5.28 Å². The lowest BCUT2D eigenvalue weighted by Gasteiger charge is -2.29. The van der Waals surface area contributed by atoms with Crippen molar-refractivity contribution >= 4 is 39.0 Å². The van der Waals surface area contributed by atoms with Crippen LogP contribution >= 0.6 is 22.9 Å². The molecule has 1 aliphatic rings. The number of aromatic nitrogens is 2. The number of hydrogen-bond donors (Lipinski definition) is 1. The zero-order valence-corrected chi connectivity index (χ0v) is 12.1. The molecular formula is C13H16ClN3OS. The van der Waals surface area contributed by atoms with Crippen molar-refractivity contribution in [2.24, 2.45) is 0 Å². The van der Waals surface area contributed by atoms with Gasteiger partial charge in [0.25, 0.3) is 0 Å². The second kappa shape index (κ2) is 5.61. The highest BCUT2D eigenvalue weighted by molar-refractivity contribution is 7.16. The number of aliphatic hydroxyl groups is 1. The molecule has 2 aromatic rings. The van der Waals surface area contributed by atoms with E-state index in [1.165, 1.54) is 12.8 Å². The quantitative estimate of drug-likeness (QED) is 0.881. The van der Waals surface area contributed by atoms with Gasteiger partial charge in [-0.25, -0.2) is 4.98 Å². The molecule has 4 nitrogen and oxygen atoms in total. The molecule has 0 atom stereocenters. The lowest BCUT2D eigenvalue weighted by molar-refractivity contribution is 0.297. The van der Waals surface area contributed by atoms with Gasteiger partial charge in [-0.2, -0.15) is 4.98 Å². The summed E-state index contributed by atoms with van der Waals surface area (Å²) >= 11 is 7.60. The van der Waals surface area contributed by atoms with Crippen LogP contribution in [0.4, 0.5) is 5.82 Å². The third-order valence-corrected chi connectivity index (χ3v) is 4.63. The molecule has 6 heteroatoms. The fourth-order valence-corrected chi connectivity index (χ4v) is 3.79. The first-order valence-corrected chi connectivity index (χ1v) is 7.83. The maximum Gasteiger partial charge on any atom is 0.225 e. The van der Waals surface area contributed by atoms with E-state index in [4.69, 9.17) is 11.6 Å². The standard InChI is InChI=1S/C13H16ClN3OS/c14-13-15-11(10-5-8-19-12(10)16-13)17(6-7-18)9-3-1-2-4-9/h5,8-9,18H,1-4,6-7H2. The number of nitrogens with zero attached hydrogens (tertiary/aromatic N) is 3. The van der Waals surface area contributed by atoms with Crippen molar-refractivity contribution in [1.82, 2.24) is 9.97 Å². The van der Waals surface area contributed by atoms with Gasteiger partial charge in [0.05, 0.1) is 12.0 Å². The Balaban J connectivity index is 2.05. The van der Waals surface area contributed by atoms with E-state index in [9.17, 15) is 5.11 Å². The van der Waals surface area contributed by atoms with Crippen molar-refractivity contribution in [3.8, 4) is 0 Å². The van der Waals surface area contributed by atoms with Crippen LogP contribution in [0.1, 0.15) is 25.7 Å². The molecule has 0 aromatic carbocycles. The Morgan fingerprint density at radius 1 is 1.37 bits per heavy atom. The van der Waals surface area contributed by atoms with E-state index in [2.05, 4.69) is 14.9 Å². The van der Waals surface area contributed by atoms with E-state index < -0.39 is 0 Å². The van der Waals surface area contributed by atoms with Crippen LogP contribution < -0.4 is 4.90 Å². The first-order valence-electron chi connectivity index (χ1n) is 6.58. The van der Waals surface area contributed by atoms with Gasteiger partial charge in [0.2, 0.25) is 5.28 Å². The number of fused-ring (bicyclic) bond motifs is 1. The molecule has 19 heavy (non-hydrogen) atoms. The summed E-state index contributed by atoms with van der Waals surface area (Å²) in [6.45, 7) is 0.729. The number of halogens is 1. The van der Waals surface area contributed by atoms with Crippen LogP contribution in [0.15, 0.2) is 11.4 Å². The summed E-state index contributed by atoms with van der Waals surface area (Å²) in [5.41, 5.74) is 0. The van der Waals surface area contributed by atoms with Gasteiger partial charge in [-0.15, -0.1) is 11.3 Å². The second-order valence-corrected chi connectivity index (χ2v) is 6.04. The highest BCUT2D eigenvalue weighted by atomic mass is 35.5. The van der Waals surface area contributed by atoms with Gasteiger partial charge in [-0.3, -0.25) is 0 Å². The fourth-order valence-electron chi connectivity index (χ4n) is 2.82. The Hall–Kier alpha value is -0.910. The average Bonchev–Trinajstić information content (AvgIpc) is 3.05. The van der Waals surface area contributed by atoms with E-state index in [-0.39, 0.29) is 11.9 Å². The summed E-state index contributed by atoms with van der Waals surface area (Å²) in [6, 6.07) is 2.49. The molecule has 0 saturated heterocycles. The molecule has 0 aliphatic heterocycles. The van der Waals surface area contributed by atoms with Gasteiger partial charge in [0.1, 0.15) is 10.6 Å². The van der Waals surface area contributed by atoms with Crippen LogP contribution in [-0.2, 0) is 0 Å². The smallest absolute Gasteiger partial charge is 0.225 e. The molecule has 102 valence electrons. The van der Waals surface area contributed by atoms with Crippen molar-refractivity contribution in [3.05, 3.63) is 16.7 Å². The van der Waals surface area contributed by atoms with Crippen molar-refractivity contribution in [3.63, 3.8) is 0 Å². The van der Waals surface area contributed by atoms with Crippen LogP contribution in [0.5, 0.6) is 0 Å². The minimum absolute atomic E-state index is 0.129. The summed E-state index contributed by atoms with van der Waals surface area (Å²) in [4.78, 5) is 11.8. The maximum atomic E-state index is 9.33. The Kier molecular flexibility index (Phi) is 3.86. The van der Waals surface area contributed by atoms with Crippen LogP contribution in [0.3, 0.4) is 0 Å². The van der Waals surface area contributed by atoms with E-state index in [1.54, 1.807) is 11.3 Å². The molecule has 1 N–H and O–H groups in total. The highest BCUT2D eigenvalue weighted by Crippen LogP contribution is 2.33. The predicted molar refractivity (Wildman–Crippen MR) is 79.1 cm³/mol. The first-order chi connectivity index (χ1) is 9.29. The molecule has 0 bridgehead atoms. The fraction of sp³-hybridized carbons (Fsp3) is 0.538. The van der Waals surface area contributed by atoms with Crippen LogP contribution in [0, 0.1) is 0 Å². The van der Waals surface area contributed by atoms with Crippen LogP contribution in [0.25, 0.3) is 10.2 Å². The zero-order chi connectivity index (χ0) is 13.2. The molecular weight excluding hydrogens is 282 g/mol. The Morgan fingerprint density at radius 2 is 2.16 bits per heavy atom. The molecule has 1 fully saturated rings. The lowest BCUT2D eigenvalue weighted by atomic mass is 10.2. The third-order valence-electron chi connectivity index (χ3n) is 3.66. The number of thiophene rings is 1. The van der Waals surface area contributed by atoms with Gasteiger partial charge >= 0.3 is 0 Å². The largest absolute Gasteiger partial charge is 0.395 e. The number of anilines is 1. The molecule has 0 spiro atoms. The molecule has 0 radical (unpaired) electrons. The molecule has 3 rings (SSSR count). The van der Waals surface area contributed by atoms with E-state index in [1.807, 2.05) is 11.4 Å². The molecule has 1 aliphatic carbocycles. The average molecular weight is 298 g/mol. The molecule has 0 unspecified atom stereocenters. The molecule has 0 amide bonds. The van der Waals surface area contributed by atoms with Gasteiger partial charge < -0.3 is 10.0 Å². The van der Waals surface area contributed by atoms with Gasteiger partial charge in [0.15, 0.2) is 0 Å². The summed E-state index contributed by atoms with van der Waals surface area (Å²) < 4.78 is 0. The molecule has 2 heterocycles. The number of aliphatic hydroxyl groups excluding tert-OH is 1. The van der Waals surface area contributed by atoms with Gasteiger partial charge in [0, 0.05) is 12.6 Å². The summed E-state index contributed by atoms with van der Waals surface area (Å²) in [6.07, 6.45) is 4.82. The topological polar surface area (TPSA) is 49.2 Å². The molecule has 2 aromatic heterocycles. The van der Waals surface area contributed by atoms with E-state index in [0.29, 0.717) is 12.6 Å². The predicted octanol–water partition coefficient (Wildman–Crippen LogP) is 3.09. The number of rotatable bonds is 4.